The molecule has 0 bridgehead atoms. The smallest absolute Gasteiger partial charge is 0.335 e. The maximum absolute atomic E-state index is 10.9. The molecule has 1 heterocycles. The molecule has 1 rings (SSSR count). The number of hydrogen-bond donors (Lipinski definition) is 1. The molecule has 1 atom stereocenters. The summed E-state index contributed by atoms with van der Waals surface area (Å²) >= 11 is 0. The maximum Gasteiger partial charge on any atom is 0.335 e. The molecule has 6 nitrogen and oxygen atoms in total. The molecule has 0 spiro atoms. The first-order valence-electron chi connectivity index (χ1n) is 4.93. The molecule has 94 valence electrons. The van der Waals surface area contributed by atoms with Gasteiger partial charge in [-0.25, -0.2) is 9.80 Å². The lowest BCUT2D eigenvalue weighted by atomic mass is 10.2. The van der Waals surface area contributed by atoms with Crippen LogP contribution in [0.3, 0.4) is 0 Å². The van der Waals surface area contributed by atoms with Crippen molar-refractivity contribution in [1.82, 2.24) is 9.91 Å². The van der Waals surface area contributed by atoms with Gasteiger partial charge in [-0.3, -0.25) is 0 Å². The molecule has 0 aromatic heterocycles. The fourth-order valence-electron chi connectivity index (χ4n) is 1.24. The van der Waals surface area contributed by atoms with E-state index in [-0.39, 0.29) is 18.3 Å². The lowest BCUT2D eigenvalue weighted by Gasteiger charge is -2.11. The SMILES string of the molecule is CC1CN(C(N)=O)N=C1OCCN(C)C.Cl. The number of nitrogens with two attached hydrogens (primary N) is 1. The average molecular weight is 251 g/mol. The number of urea groups is 1. The normalized spacial score (nSPS) is 19.4. The van der Waals surface area contributed by atoms with Crippen molar-refractivity contribution >= 4 is 24.3 Å². The van der Waals surface area contributed by atoms with Crippen LogP contribution < -0.4 is 5.73 Å². The third-order valence-electron chi connectivity index (χ3n) is 2.13. The number of carbonyl (C=O) groups excluding carboxylic acids is 1. The first-order chi connectivity index (χ1) is 7.00. The molecule has 2 N–H and O–H groups in total. The monoisotopic (exact) mass is 250 g/mol. The second-order valence-corrected chi connectivity index (χ2v) is 3.91. The first-order valence-corrected chi connectivity index (χ1v) is 4.93. The van der Waals surface area contributed by atoms with Crippen LogP contribution in [-0.4, -0.2) is 55.6 Å². The molecule has 0 aromatic carbocycles. The zero-order valence-corrected chi connectivity index (χ0v) is 10.7. The molecule has 0 fully saturated rings. The van der Waals surface area contributed by atoms with Gasteiger partial charge in [0.25, 0.3) is 0 Å². The fraction of sp³-hybridized carbons (Fsp3) is 0.778. The number of amides is 2. The molecule has 2 amide bonds. The Morgan fingerprint density at radius 1 is 1.69 bits per heavy atom. The molecule has 0 aromatic rings. The number of ether oxygens (including phenoxy) is 1. The van der Waals surface area contributed by atoms with E-state index in [1.54, 1.807) is 0 Å². The average Bonchev–Trinajstić information content (AvgIpc) is 2.47. The summed E-state index contributed by atoms with van der Waals surface area (Å²) in [5.41, 5.74) is 5.12. The second-order valence-electron chi connectivity index (χ2n) is 3.91. The molecule has 0 saturated heterocycles. The lowest BCUT2D eigenvalue weighted by molar-refractivity contribution is 0.212. The molecule has 1 aliphatic rings. The highest BCUT2D eigenvalue weighted by Gasteiger charge is 2.26. The van der Waals surface area contributed by atoms with Crippen molar-refractivity contribution in [2.75, 3.05) is 33.8 Å². The summed E-state index contributed by atoms with van der Waals surface area (Å²) < 4.78 is 5.47. The van der Waals surface area contributed by atoms with Gasteiger partial charge in [0.1, 0.15) is 6.61 Å². The molecule has 7 heteroatoms. The van der Waals surface area contributed by atoms with E-state index in [0.29, 0.717) is 19.0 Å². The van der Waals surface area contributed by atoms with Gasteiger partial charge in [-0.15, -0.1) is 17.5 Å². The summed E-state index contributed by atoms with van der Waals surface area (Å²) in [6.07, 6.45) is 0. The molecule has 1 aliphatic heterocycles. The molecule has 0 radical (unpaired) electrons. The Bertz CT molecular complexity index is 270. The molecular weight excluding hydrogens is 232 g/mol. The van der Waals surface area contributed by atoms with Crippen LogP contribution in [0.4, 0.5) is 4.79 Å². The van der Waals surface area contributed by atoms with Crippen LogP contribution in [0.5, 0.6) is 0 Å². The van der Waals surface area contributed by atoms with Crippen molar-refractivity contribution in [2.24, 2.45) is 16.8 Å². The minimum atomic E-state index is -0.534. The Morgan fingerprint density at radius 2 is 2.31 bits per heavy atom. The minimum absolute atomic E-state index is 0. The van der Waals surface area contributed by atoms with E-state index in [4.69, 9.17) is 10.5 Å². The van der Waals surface area contributed by atoms with E-state index in [1.807, 2.05) is 25.9 Å². The van der Waals surface area contributed by atoms with E-state index in [2.05, 4.69) is 5.10 Å². The number of primary amides is 1. The third kappa shape index (κ3) is 4.24. The number of rotatable bonds is 3. The molecular formula is C9H19ClN4O2. The molecule has 0 saturated carbocycles. The zero-order valence-electron chi connectivity index (χ0n) is 9.84. The minimum Gasteiger partial charge on any atom is -0.478 e. The summed E-state index contributed by atoms with van der Waals surface area (Å²) in [6, 6.07) is -0.534. The van der Waals surface area contributed by atoms with Crippen molar-refractivity contribution in [3.63, 3.8) is 0 Å². The third-order valence-corrected chi connectivity index (χ3v) is 2.13. The number of nitrogens with zero attached hydrogens (tertiary/aromatic N) is 3. The Morgan fingerprint density at radius 3 is 2.75 bits per heavy atom. The lowest BCUT2D eigenvalue weighted by Crippen LogP contribution is -2.30. The second kappa shape index (κ2) is 6.55. The van der Waals surface area contributed by atoms with Gasteiger partial charge in [0.15, 0.2) is 0 Å². The van der Waals surface area contributed by atoms with E-state index in [1.165, 1.54) is 5.01 Å². The number of halogens is 1. The zero-order chi connectivity index (χ0) is 11.4. The highest BCUT2D eigenvalue weighted by Crippen LogP contribution is 2.13. The van der Waals surface area contributed by atoms with Gasteiger partial charge in [0.2, 0.25) is 5.90 Å². The highest BCUT2D eigenvalue weighted by atomic mass is 35.5. The number of likely N-dealkylation sites (N-methyl/N-ethyl adjacent to an activating group) is 1. The maximum atomic E-state index is 10.9. The van der Waals surface area contributed by atoms with Gasteiger partial charge >= 0.3 is 6.03 Å². The Labute approximate surface area is 102 Å². The van der Waals surface area contributed by atoms with Crippen molar-refractivity contribution in [3.05, 3.63) is 0 Å². The predicted octanol–water partition coefficient (Wildman–Crippen LogP) is 0.330. The van der Waals surface area contributed by atoms with Crippen molar-refractivity contribution in [1.29, 1.82) is 0 Å². The van der Waals surface area contributed by atoms with Crippen LogP contribution in [0.1, 0.15) is 6.92 Å². The van der Waals surface area contributed by atoms with Gasteiger partial charge in [-0.2, -0.15) is 0 Å². The van der Waals surface area contributed by atoms with Gasteiger partial charge in [-0.1, -0.05) is 6.92 Å². The van der Waals surface area contributed by atoms with E-state index < -0.39 is 6.03 Å². The Hall–Kier alpha value is -1.01. The van der Waals surface area contributed by atoms with Crippen LogP contribution in [0.2, 0.25) is 0 Å². The summed E-state index contributed by atoms with van der Waals surface area (Å²) in [5, 5.41) is 5.23. The molecule has 0 aliphatic carbocycles. The summed E-state index contributed by atoms with van der Waals surface area (Å²) in [6.45, 7) is 3.86. The van der Waals surface area contributed by atoms with Crippen molar-refractivity contribution < 1.29 is 9.53 Å². The highest BCUT2D eigenvalue weighted by molar-refractivity contribution is 5.85. The van der Waals surface area contributed by atoms with E-state index in [0.717, 1.165) is 6.54 Å². The summed E-state index contributed by atoms with van der Waals surface area (Å²) in [7, 11) is 3.94. The van der Waals surface area contributed by atoms with Crippen LogP contribution in [0.15, 0.2) is 5.10 Å². The standard InChI is InChI=1S/C9H18N4O2.ClH/c1-7-6-13(9(10)14)11-8(7)15-5-4-12(2)3;/h7H,4-6H2,1-3H3,(H2,10,14);1H. The largest absolute Gasteiger partial charge is 0.478 e. The summed E-state index contributed by atoms with van der Waals surface area (Å²) in [4.78, 5) is 12.9. The van der Waals surface area contributed by atoms with E-state index in [9.17, 15) is 4.79 Å². The van der Waals surface area contributed by atoms with E-state index >= 15 is 0 Å². The summed E-state index contributed by atoms with van der Waals surface area (Å²) in [5.74, 6) is 0.718. The van der Waals surface area contributed by atoms with Gasteiger partial charge in [-0.05, 0) is 14.1 Å². The molecule has 16 heavy (non-hydrogen) atoms. The fourth-order valence-corrected chi connectivity index (χ4v) is 1.24. The Balaban J connectivity index is 0.00000225. The van der Waals surface area contributed by atoms with Gasteiger partial charge in [0, 0.05) is 6.54 Å². The topological polar surface area (TPSA) is 71.2 Å². The van der Waals surface area contributed by atoms with Crippen LogP contribution >= 0.6 is 12.4 Å². The van der Waals surface area contributed by atoms with Gasteiger partial charge < -0.3 is 15.4 Å². The number of hydrogen-bond acceptors (Lipinski definition) is 4. The molecule has 1 unspecified atom stereocenters. The van der Waals surface area contributed by atoms with Crippen molar-refractivity contribution in [3.8, 4) is 0 Å². The Kier molecular flexibility index (Phi) is 6.13. The van der Waals surface area contributed by atoms with Gasteiger partial charge in [0.05, 0.1) is 12.5 Å². The van der Waals surface area contributed by atoms with Crippen LogP contribution in [-0.2, 0) is 4.74 Å². The van der Waals surface area contributed by atoms with Crippen LogP contribution in [0.25, 0.3) is 0 Å². The quantitative estimate of drug-likeness (QED) is 0.785. The number of carbonyl (C=O) groups is 1. The number of hydrazone groups is 1. The predicted molar refractivity (Wildman–Crippen MR) is 64.6 cm³/mol. The first kappa shape index (κ1) is 15.0. The van der Waals surface area contributed by atoms with Crippen LogP contribution in [0, 0.1) is 5.92 Å². The van der Waals surface area contributed by atoms with Crippen molar-refractivity contribution in [2.45, 2.75) is 6.92 Å².